The summed E-state index contributed by atoms with van der Waals surface area (Å²) in [5.41, 5.74) is 2.26. The van der Waals surface area contributed by atoms with Gasteiger partial charge in [-0.3, -0.25) is 0 Å². The van der Waals surface area contributed by atoms with Gasteiger partial charge in [0.15, 0.2) is 0 Å². The molecule has 1 fully saturated rings. The number of benzene rings is 1. The number of anilines is 3. The highest BCUT2D eigenvalue weighted by Gasteiger charge is 2.17. The number of aryl methyl sites for hydroxylation is 1. The molecule has 3 rings (SSSR count). The van der Waals surface area contributed by atoms with Crippen molar-refractivity contribution < 1.29 is 0 Å². The fourth-order valence-electron chi connectivity index (χ4n) is 2.64. The van der Waals surface area contributed by atoms with Crippen LogP contribution in [0.25, 0.3) is 0 Å². The summed E-state index contributed by atoms with van der Waals surface area (Å²) in [5, 5.41) is 3.27. The highest BCUT2D eigenvalue weighted by molar-refractivity contribution is 5.55. The monoisotopic (exact) mass is 297 g/mol. The van der Waals surface area contributed by atoms with Crippen LogP contribution in [0.2, 0.25) is 0 Å². The Morgan fingerprint density at radius 2 is 1.77 bits per heavy atom. The van der Waals surface area contributed by atoms with E-state index in [-0.39, 0.29) is 0 Å². The molecule has 5 nitrogen and oxygen atoms in total. The topological polar surface area (TPSA) is 44.3 Å². The molecule has 0 aliphatic carbocycles. The van der Waals surface area contributed by atoms with E-state index in [0.29, 0.717) is 5.95 Å². The molecule has 1 aliphatic rings. The number of nitrogens with one attached hydrogen (secondary N) is 1. The quantitative estimate of drug-likeness (QED) is 0.940. The van der Waals surface area contributed by atoms with E-state index in [9.17, 15) is 0 Å². The van der Waals surface area contributed by atoms with Crippen molar-refractivity contribution in [3.63, 3.8) is 0 Å². The minimum absolute atomic E-state index is 0.652. The molecule has 116 valence electrons. The number of hydrogen-bond donors (Lipinski definition) is 1. The Bertz CT molecular complexity index is 603. The first-order valence-electron chi connectivity index (χ1n) is 7.88. The molecule has 0 bridgehead atoms. The van der Waals surface area contributed by atoms with Gasteiger partial charge in [-0.15, -0.1) is 0 Å². The third kappa shape index (κ3) is 3.54. The van der Waals surface area contributed by atoms with Crippen molar-refractivity contribution in [3.8, 4) is 0 Å². The molecule has 1 saturated heterocycles. The first-order chi connectivity index (χ1) is 10.7. The summed E-state index contributed by atoms with van der Waals surface area (Å²) in [7, 11) is 0. The number of rotatable bonds is 4. The fraction of sp³-hybridized carbons (Fsp3) is 0.412. The van der Waals surface area contributed by atoms with Crippen LogP contribution in [0, 0.1) is 6.92 Å². The van der Waals surface area contributed by atoms with Gasteiger partial charge in [0.05, 0.1) is 0 Å². The van der Waals surface area contributed by atoms with Crippen LogP contribution in [0.4, 0.5) is 17.5 Å². The Hall–Kier alpha value is -2.14. The number of nitrogens with zero attached hydrogens (tertiary/aromatic N) is 4. The van der Waals surface area contributed by atoms with E-state index < -0.39 is 0 Å². The zero-order valence-electron chi connectivity index (χ0n) is 13.3. The predicted octanol–water partition coefficient (Wildman–Crippen LogP) is 2.67. The van der Waals surface area contributed by atoms with Crippen LogP contribution in [-0.4, -0.2) is 47.6 Å². The lowest BCUT2D eigenvalue weighted by Gasteiger charge is -2.34. The Morgan fingerprint density at radius 3 is 2.45 bits per heavy atom. The molecule has 2 heterocycles. The molecule has 0 saturated carbocycles. The zero-order valence-corrected chi connectivity index (χ0v) is 13.3. The van der Waals surface area contributed by atoms with Crippen LogP contribution in [0.5, 0.6) is 0 Å². The molecule has 22 heavy (non-hydrogen) atoms. The summed E-state index contributed by atoms with van der Waals surface area (Å²) in [4.78, 5) is 13.8. The third-order valence-corrected chi connectivity index (χ3v) is 4.09. The standard InChI is InChI=1S/C17H23N5/c1-3-21-10-12-22(13-11-21)16-8-9-18-17(20-16)19-15-6-4-14(2)5-7-15/h4-9H,3,10-13H2,1-2H3,(H,18,19,20). The van der Waals surface area contributed by atoms with Crippen LogP contribution >= 0.6 is 0 Å². The van der Waals surface area contributed by atoms with Gasteiger partial charge in [-0.25, -0.2) is 4.98 Å². The van der Waals surface area contributed by atoms with Gasteiger partial charge in [0.25, 0.3) is 0 Å². The minimum atomic E-state index is 0.652. The first-order valence-corrected chi connectivity index (χ1v) is 7.88. The Balaban J connectivity index is 1.68. The van der Waals surface area contributed by atoms with Crippen molar-refractivity contribution in [2.24, 2.45) is 0 Å². The minimum Gasteiger partial charge on any atom is -0.354 e. The number of piperazine rings is 1. The first kappa shape index (κ1) is 14.8. The summed E-state index contributed by atoms with van der Waals surface area (Å²) in [6.45, 7) is 9.66. The average Bonchev–Trinajstić information content (AvgIpc) is 2.57. The van der Waals surface area contributed by atoms with Gasteiger partial charge < -0.3 is 15.1 Å². The van der Waals surface area contributed by atoms with Crippen molar-refractivity contribution >= 4 is 17.5 Å². The van der Waals surface area contributed by atoms with Gasteiger partial charge >= 0.3 is 0 Å². The highest BCUT2D eigenvalue weighted by Crippen LogP contribution is 2.18. The Kier molecular flexibility index (Phi) is 4.53. The summed E-state index contributed by atoms with van der Waals surface area (Å²) >= 11 is 0. The van der Waals surface area contributed by atoms with Crippen molar-refractivity contribution in [2.75, 3.05) is 42.9 Å². The van der Waals surface area contributed by atoms with Crippen molar-refractivity contribution in [2.45, 2.75) is 13.8 Å². The van der Waals surface area contributed by atoms with Crippen LogP contribution in [0.3, 0.4) is 0 Å². The lowest BCUT2D eigenvalue weighted by Crippen LogP contribution is -2.46. The van der Waals surface area contributed by atoms with Crippen LogP contribution in [0.15, 0.2) is 36.5 Å². The van der Waals surface area contributed by atoms with Gasteiger partial charge in [-0.1, -0.05) is 24.6 Å². The van der Waals surface area contributed by atoms with Crippen molar-refractivity contribution in [3.05, 3.63) is 42.1 Å². The molecule has 0 unspecified atom stereocenters. The maximum absolute atomic E-state index is 4.65. The maximum Gasteiger partial charge on any atom is 0.229 e. The molecule has 5 heteroatoms. The highest BCUT2D eigenvalue weighted by atomic mass is 15.3. The number of aromatic nitrogens is 2. The van der Waals surface area contributed by atoms with Gasteiger partial charge in [-0.2, -0.15) is 4.98 Å². The van der Waals surface area contributed by atoms with E-state index in [4.69, 9.17) is 0 Å². The molecule has 1 aromatic carbocycles. The van der Waals surface area contributed by atoms with Crippen molar-refractivity contribution in [1.82, 2.24) is 14.9 Å². The molecule has 0 amide bonds. The van der Waals surface area contributed by atoms with E-state index in [1.807, 2.05) is 24.4 Å². The van der Waals surface area contributed by atoms with Gasteiger partial charge in [0, 0.05) is 38.1 Å². The zero-order chi connectivity index (χ0) is 15.4. The van der Waals surface area contributed by atoms with Gasteiger partial charge in [0.2, 0.25) is 5.95 Å². The molecule has 1 aromatic heterocycles. The third-order valence-electron chi connectivity index (χ3n) is 4.09. The smallest absolute Gasteiger partial charge is 0.229 e. The second kappa shape index (κ2) is 6.75. The number of likely N-dealkylation sites (N-methyl/N-ethyl adjacent to an activating group) is 1. The van der Waals surface area contributed by atoms with E-state index in [2.05, 4.69) is 51.1 Å². The maximum atomic E-state index is 4.65. The van der Waals surface area contributed by atoms with Crippen LogP contribution < -0.4 is 10.2 Å². The number of hydrogen-bond acceptors (Lipinski definition) is 5. The summed E-state index contributed by atoms with van der Waals surface area (Å²) < 4.78 is 0. The van der Waals surface area contributed by atoms with Crippen molar-refractivity contribution in [1.29, 1.82) is 0 Å². The van der Waals surface area contributed by atoms with Gasteiger partial charge in [-0.05, 0) is 31.7 Å². The molecule has 1 aliphatic heterocycles. The van der Waals surface area contributed by atoms with E-state index >= 15 is 0 Å². The van der Waals surface area contributed by atoms with E-state index in [0.717, 1.165) is 44.2 Å². The van der Waals surface area contributed by atoms with Crippen LogP contribution in [-0.2, 0) is 0 Å². The van der Waals surface area contributed by atoms with E-state index in [1.54, 1.807) is 0 Å². The summed E-state index contributed by atoms with van der Waals surface area (Å²) in [5.74, 6) is 1.65. The fourth-order valence-corrected chi connectivity index (χ4v) is 2.64. The lowest BCUT2D eigenvalue weighted by molar-refractivity contribution is 0.270. The largest absolute Gasteiger partial charge is 0.354 e. The Morgan fingerprint density at radius 1 is 1.05 bits per heavy atom. The molecule has 1 N–H and O–H groups in total. The predicted molar refractivity (Wildman–Crippen MR) is 90.8 cm³/mol. The van der Waals surface area contributed by atoms with Gasteiger partial charge in [0.1, 0.15) is 5.82 Å². The average molecular weight is 297 g/mol. The molecular weight excluding hydrogens is 274 g/mol. The molecule has 0 atom stereocenters. The second-order valence-electron chi connectivity index (χ2n) is 5.65. The normalized spacial score (nSPS) is 15.8. The summed E-state index contributed by atoms with van der Waals surface area (Å²) in [6.07, 6.45) is 1.82. The molecule has 2 aromatic rings. The summed E-state index contributed by atoms with van der Waals surface area (Å²) in [6, 6.07) is 10.2. The lowest BCUT2D eigenvalue weighted by atomic mass is 10.2. The molecular formula is C17H23N5. The second-order valence-corrected chi connectivity index (χ2v) is 5.65. The SMILES string of the molecule is CCN1CCN(c2ccnc(Nc3ccc(C)cc3)n2)CC1. The molecule has 0 spiro atoms. The Labute approximate surface area is 132 Å². The molecule has 0 radical (unpaired) electrons. The van der Waals surface area contributed by atoms with Crippen LogP contribution in [0.1, 0.15) is 12.5 Å². The van der Waals surface area contributed by atoms with E-state index in [1.165, 1.54) is 5.56 Å².